The zero-order valence-corrected chi connectivity index (χ0v) is 40.3. The van der Waals surface area contributed by atoms with Crippen molar-refractivity contribution in [1.29, 1.82) is 0 Å². The molecule has 0 aliphatic heterocycles. The Hall–Kier alpha value is -6.48. The molecule has 364 valence electrons. The highest BCUT2D eigenvalue weighted by molar-refractivity contribution is 6.06. The Morgan fingerprint density at radius 2 is 0.956 bits per heavy atom. The smallest absolute Gasteiger partial charge is 0.336 e. The summed E-state index contributed by atoms with van der Waals surface area (Å²) in [6, 6.07) is 14.7. The standard InChI is InChI=1S/C29H38FN3O4.C24H27FN2O4/c1-18-23(15-20(16-25(18)30)27(36)33-21-9-10-21)22-11-8-19(26(35)32-17-29(2,3)4)14-24(22)28(37)31-12-6-5-7-13-34;1-13-18(10-15(11-20(13)25)22(29)27-16-6-7-16)17-8-5-14(9-19(17)23(30)31)21(28)26-12-24(2,3)4/h8,11,14-16,21,34H,5-7,9-10,12-13,17H2,1-4H3,(H,31,37)(H,32,35)(H,33,36);5,8-11,16H,6-7,12H2,1-4H3,(H,26,28)(H,27,29)(H,30,31). The molecule has 6 rings (SSSR count). The van der Waals surface area contributed by atoms with Crippen molar-refractivity contribution >= 4 is 35.5 Å². The molecule has 0 aromatic heterocycles. The lowest BCUT2D eigenvalue weighted by Crippen LogP contribution is -2.32. The van der Waals surface area contributed by atoms with Crippen LogP contribution in [0.25, 0.3) is 22.3 Å². The molecule has 0 heterocycles. The molecular weight excluding hydrogens is 873 g/mol. The minimum Gasteiger partial charge on any atom is -0.478 e. The van der Waals surface area contributed by atoms with Crippen LogP contribution >= 0.6 is 0 Å². The van der Waals surface area contributed by atoms with Gasteiger partial charge in [-0.3, -0.25) is 24.0 Å². The molecule has 15 heteroatoms. The fourth-order valence-corrected chi connectivity index (χ4v) is 6.98. The summed E-state index contributed by atoms with van der Waals surface area (Å²) in [7, 11) is 0. The summed E-state index contributed by atoms with van der Waals surface area (Å²) in [4.78, 5) is 75.6. The molecule has 4 aromatic rings. The highest BCUT2D eigenvalue weighted by Gasteiger charge is 2.28. The molecule has 7 N–H and O–H groups in total. The number of rotatable bonds is 17. The molecule has 4 aromatic carbocycles. The van der Waals surface area contributed by atoms with Crippen molar-refractivity contribution < 1.29 is 47.8 Å². The Labute approximate surface area is 397 Å². The molecule has 0 bridgehead atoms. The van der Waals surface area contributed by atoms with E-state index < -0.39 is 29.4 Å². The summed E-state index contributed by atoms with van der Waals surface area (Å²) in [5.74, 6) is -4.20. The zero-order chi connectivity index (χ0) is 50.1. The number of carboxylic acid groups (broad SMARTS) is 1. The van der Waals surface area contributed by atoms with Crippen LogP contribution in [0.15, 0.2) is 60.7 Å². The first-order valence-corrected chi connectivity index (χ1v) is 23.2. The molecule has 2 fully saturated rings. The lowest BCUT2D eigenvalue weighted by atomic mass is 9.91. The number of amides is 5. The summed E-state index contributed by atoms with van der Waals surface area (Å²) < 4.78 is 29.5. The second-order valence-electron chi connectivity index (χ2n) is 20.1. The highest BCUT2D eigenvalue weighted by Crippen LogP contribution is 2.33. The third kappa shape index (κ3) is 15.0. The van der Waals surface area contributed by atoms with E-state index in [-0.39, 0.29) is 86.2 Å². The van der Waals surface area contributed by atoms with Crippen LogP contribution in [0, 0.1) is 36.3 Å². The van der Waals surface area contributed by atoms with E-state index in [2.05, 4.69) is 26.6 Å². The third-order valence-corrected chi connectivity index (χ3v) is 11.3. The van der Waals surface area contributed by atoms with Crippen molar-refractivity contribution in [3.63, 3.8) is 0 Å². The average Bonchev–Trinajstić information content (AvgIpc) is 4.24. The lowest BCUT2D eigenvalue weighted by molar-refractivity contribution is 0.0696. The fraction of sp³-hybridized carbons (Fsp3) is 0.434. The Balaban J connectivity index is 0.000000258. The maximum absolute atomic E-state index is 14.9. The van der Waals surface area contributed by atoms with Gasteiger partial charge in [-0.15, -0.1) is 0 Å². The maximum Gasteiger partial charge on any atom is 0.336 e. The van der Waals surface area contributed by atoms with Crippen molar-refractivity contribution in [2.45, 2.75) is 112 Å². The topological polar surface area (TPSA) is 203 Å². The highest BCUT2D eigenvalue weighted by atomic mass is 19.1. The molecule has 0 atom stereocenters. The van der Waals surface area contributed by atoms with Gasteiger partial charge in [0, 0.05) is 66.1 Å². The summed E-state index contributed by atoms with van der Waals surface area (Å²) in [6.45, 7) is 16.5. The van der Waals surface area contributed by atoms with Crippen molar-refractivity contribution in [3.05, 3.63) is 117 Å². The molecule has 68 heavy (non-hydrogen) atoms. The monoisotopic (exact) mass is 937 g/mol. The second-order valence-corrected chi connectivity index (χ2v) is 20.1. The number of carbonyl (C=O) groups is 6. The number of carboxylic acids is 1. The van der Waals surface area contributed by atoms with Crippen LogP contribution in [0.2, 0.25) is 0 Å². The maximum atomic E-state index is 14.9. The number of unbranched alkanes of at least 4 members (excludes halogenated alkanes) is 2. The van der Waals surface area contributed by atoms with Gasteiger partial charge in [0.05, 0.1) is 5.56 Å². The van der Waals surface area contributed by atoms with Crippen LogP contribution in [0.4, 0.5) is 8.78 Å². The van der Waals surface area contributed by atoms with E-state index in [1.807, 2.05) is 41.5 Å². The fourth-order valence-electron chi connectivity index (χ4n) is 6.98. The molecule has 2 saturated carbocycles. The van der Waals surface area contributed by atoms with E-state index in [0.717, 1.165) is 38.2 Å². The van der Waals surface area contributed by atoms with Crippen LogP contribution in [-0.4, -0.2) is 84.0 Å². The number of aliphatic hydroxyl groups is 1. The molecule has 0 radical (unpaired) electrons. The Morgan fingerprint density at radius 3 is 1.35 bits per heavy atom. The summed E-state index contributed by atoms with van der Waals surface area (Å²) in [5, 5.41) is 33.0. The van der Waals surface area contributed by atoms with Crippen molar-refractivity contribution in [2.24, 2.45) is 10.8 Å². The number of aliphatic hydroxyl groups excluding tert-OH is 1. The largest absolute Gasteiger partial charge is 0.478 e. The van der Waals surface area contributed by atoms with Gasteiger partial charge in [0.25, 0.3) is 29.5 Å². The summed E-state index contributed by atoms with van der Waals surface area (Å²) in [5.41, 5.74) is 2.66. The first-order chi connectivity index (χ1) is 32.0. The van der Waals surface area contributed by atoms with E-state index in [1.54, 1.807) is 25.1 Å². The van der Waals surface area contributed by atoms with E-state index in [4.69, 9.17) is 5.11 Å². The molecule has 2 aliphatic rings. The van der Waals surface area contributed by atoms with Gasteiger partial charge < -0.3 is 36.8 Å². The van der Waals surface area contributed by atoms with E-state index >= 15 is 0 Å². The summed E-state index contributed by atoms with van der Waals surface area (Å²) in [6.07, 6.45) is 5.73. The molecule has 0 spiro atoms. The summed E-state index contributed by atoms with van der Waals surface area (Å²) >= 11 is 0. The number of nitrogens with one attached hydrogen (secondary N) is 5. The minimum atomic E-state index is -1.24. The van der Waals surface area contributed by atoms with Gasteiger partial charge in [0.15, 0.2) is 0 Å². The minimum absolute atomic E-state index is 0.0966. The van der Waals surface area contributed by atoms with Crippen molar-refractivity contribution in [2.75, 3.05) is 26.2 Å². The number of aromatic carboxylic acids is 1. The Morgan fingerprint density at radius 1 is 0.529 bits per heavy atom. The quantitative estimate of drug-likeness (QED) is 0.0510. The van der Waals surface area contributed by atoms with Crippen molar-refractivity contribution in [1.82, 2.24) is 26.6 Å². The average molecular weight is 938 g/mol. The zero-order valence-electron chi connectivity index (χ0n) is 40.3. The predicted octanol–water partition coefficient (Wildman–Crippen LogP) is 8.53. The third-order valence-electron chi connectivity index (χ3n) is 11.3. The van der Waals surface area contributed by atoms with Crippen LogP contribution < -0.4 is 26.6 Å². The predicted molar refractivity (Wildman–Crippen MR) is 258 cm³/mol. The molecule has 0 unspecified atom stereocenters. The Kier molecular flexibility index (Phi) is 17.4. The van der Waals surface area contributed by atoms with E-state index in [1.165, 1.54) is 43.3 Å². The number of carbonyl (C=O) groups excluding carboxylic acids is 5. The van der Waals surface area contributed by atoms with Gasteiger partial charge in [-0.05, 0) is 152 Å². The van der Waals surface area contributed by atoms with Crippen LogP contribution in [-0.2, 0) is 0 Å². The molecular formula is C53H65F2N5O8. The number of halogens is 2. The number of benzene rings is 4. The molecule has 2 aliphatic carbocycles. The lowest BCUT2D eigenvalue weighted by Gasteiger charge is -2.19. The Bertz CT molecular complexity index is 2550. The number of hydrogen-bond acceptors (Lipinski definition) is 7. The van der Waals surface area contributed by atoms with E-state index in [0.29, 0.717) is 60.3 Å². The van der Waals surface area contributed by atoms with Crippen LogP contribution in [0.5, 0.6) is 0 Å². The molecule has 13 nitrogen and oxygen atoms in total. The van der Waals surface area contributed by atoms with Crippen LogP contribution in [0.1, 0.15) is 160 Å². The van der Waals surface area contributed by atoms with Gasteiger partial charge >= 0.3 is 5.97 Å². The number of hydrogen-bond donors (Lipinski definition) is 7. The first-order valence-electron chi connectivity index (χ1n) is 23.2. The normalized spacial score (nSPS) is 13.4. The second kappa shape index (κ2) is 22.5. The van der Waals surface area contributed by atoms with Gasteiger partial charge in [-0.25, -0.2) is 13.6 Å². The van der Waals surface area contributed by atoms with Gasteiger partial charge in [0.1, 0.15) is 11.6 Å². The van der Waals surface area contributed by atoms with E-state index in [9.17, 15) is 42.7 Å². The van der Waals surface area contributed by atoms with Crippen molar-refractivity contribution in [3.8, 4) is 22.3 Å². The van der Waals surface area contributed by atoms with Gasteiger partial charge in [0.2, 0.25) is 0 Å². The molecule has 0 saturated heterocycles. The van der Waals surface area contributed by atoms with Crippen LogP contribution in [0.3, 0.4) is 0 Å². The van der Waals surface area contributed by atoms with Gasteiger partial charge in [-0.2, -0.15) is 0 Å². The SMILES string of the molecule is Cc1c(F)cc(C(=O)NC2CC2)cc1-c1ccc(C(=O)NCC(C)(C)C)cc1C(=O)NCCCCCO.Cc1c(F)cc(C(=O)NC2CC2)cc1-c1ccc(C(=O)NCC(C)(C)C)cc1C(=O)O. The molecule has 5 amide bonds. The van der Waals surface area contributed by atoms with Gasteiger partial charge in [-0.1, -0.05) is 53.7 Å². The first kappa shape index (κ1) is 52.5.